The standard InChI is InChI=1S/C12H11ClF3N3O2S/c1-21-6-2-3-8(11(20,5-17)12(14,15)16)19-9(6)7-4-18-10(13)22-7/h2-4,20H,5,17H2,1H3. The first-order valence-corrected chi connectivity index (χ1v) is 7.08. The van der Waals surface area contributed by atoms with Crippen LogP contribution in [-0.2, 0) is 5.60 Å². The molecule has 2 rings (SSSR count). The third-order valence-electron chi connectivity index (χ3n) is 2.98. The number of alkyl halides is 3. The number of nitrogens with zero attached hydrogens (tertiary/aromatic N) is 2. The van der Waals surface area contributed by atoms with Gasteiger partial charge in [0.05, 0.1) is 17.7 Å². The molecule has 1 atom stereocenters. The zero-order valence-electron chi connectivity index (χ0n) is 11.2. The zero-order chi connectivity index (χ0) is 16.5. The average Bonchev–Trinajstić information content (AvgIpc) is 2.91. The van der Waals surface area contributed by atoms with Crippen LogP contribution in [0.2, 0.25) is 4.47 Å². The molecule has 1 unspecified atom stereocenters. The van der Waals surface area contributed by atoms with Crippen molar-refractivity contribution in [3.63, 3.8) is 0 Å². The Hall–Kier alpha value is -1.42. The zero-order valence-corrected chi connectivity index (χ0v) is 12.8. The molecule has 0 aliphatic rings. The minimum atomic E-state index is -4.97. The number of rotatable bonds is 4. The summed E-state index contributed by atoms with van der Waals surface area (Å²) >= 11 is 6.75. The van der Waals surface area contributed by atoms with Gasteiger partial charge in [-0.1, -0.05) is 11.6 Å². The number of hydrogen-bond acceptors (Lipinski definition) is 6. The summed E-state index contributed by atoms with van der Waals surface area (Å²) < 4.78 is 44.5. The number of thiazole rings is 1. The van der Waals surface area contributed by atoms with E-state index in [1.807, 2.05) is 0 Å². The summed E-state index contributed by atoms with van der Waals surface area (Å²) in [5.41, 5.74) is 1.34. The number of methoxy groups -OCH3 is 1. The molecule has 0 saturated carbocycles. The second kappa shape index (κ2) is 5.99. The summed E-state index contributed by atoms with van der Waals surface area (Å²) in [6.45, 7) is -1.06. The number of hydrogen-bond donors (Lipinski definition) is 2. The van der Waals surface area contributed by atoms with E-state index in [0.717, 1.165) is 17.4 Å². The highest BCUT2D eigenvalue weighted by Crippen LogP contribution is 2.40. The van der Waals surface area contributed by atoms with Gasteiger partial charge in [0.15, 0.2) is 4.47 Å². The first-order valence-electron chi connectivity index (χ1n) is 5.89. The highest BCUT2D eigenvalue weighted by Gasteiger charge is 2.55. The Bertz CT molecular complexity index is 680. The maximum absolute atomic E-state index is 13.1. The van der Waals surface area contributed by atoms with Crippen LogP contribution in [0.3, 0.4) is 0 Å². The smallest absolute Gasteiger partial charge is 0.424 e. The van der Waals surface area contributed by atoms with Gasteiger partial charge in [0.25, 0.3) is 0 Å². The van der Waals surface area contributed by atoms with Crippen molar-refractivity contribution in [3.8, 4) is 16.3 Å². The van der Waals surface area contributed by atoms with Crippen LogP contribution in [0.5, 0.6) is 5.75 Å². The minimum absolute atomic E-state index is 0.0977. The average molecular weight is 354 g/mol. The molecule has 0 radical (unpaired) electrons. The van der Waals surface area contributed by atoms with Gasteiger partial charge >= 0.3 is 6.18 Å². The van der Waals surface area contributed by atoms with E-state index < -0.39 is 24.0 Å². The highest BCUT2D eigenvalue weighted by molar-refractivity contribution is 7.18. The molecule has 2 aromatic heterocycles. The number of ether oxygens (including phenoxy) is 1. The van der Waals surface area contributed by atoms with Crippen molar-refractivity contribution in [3.05, 3.63) is 28.5 Å². The van der Waals surface area contributed by atoms with Crippen molar-refractivity contribution in [2.75, 3.05) is 13.7 Å². The Morgan fingerprint density at radius 1 is 1.41 bits per heavy atom. The second-order valence-corrected chi connectivity index (χ2v) is 5.90. The van der Waals surface area contributed by atoms with E-state index >= 15 is 0 Å². The fourth-order valence-electron chi connectivity index (χ4n) is 1.75. The largest absolute Gasteiger partial charge is 0.494 e. The maximum Gasteiger partial charge on any atom is 0.424 e. The fraction of sp³-hybridized carbons (Fsp3) is 0.333. The number of pyridine rings is 1. The van der Waals surface area contributed by atoms with Crippen LogP contribution in [0.1, 0.15) is 5.69 Å². The first kappa shape index (κ1) is 16.9. The molecular formula is C12H11ClF3N3O2S. The molecule has 22 heavy (non-hydrogen) atoms. The molecule has 0 saturated heterocycles. The van der Waals surface area contributed by atoms with Gasteiger partial charge in [-0.15, -0.1) is 11.3 Å². The van der Waals surface area contributed by atoms with Crippen LogP contribution in [0.25, 0.3) is 10.6 Å². The van der Waals surface area contributed by atoms with Crippen molar-refractivity contribution < 1.29 is 23.0 Å². The quantitative estimate of drug-likeness (QED) is 0.883. The Balaban J connectivity index is 2.61. The molecule has 0 bridgehead atoms. The van der Waals surface area contributed by atoms with Gasteiger partial charge in [0.1, 0.15) is 11.4 Å². The number of nitrogens with two attached hydrogens (primary N) is 1. The monoisotopic (exact) mass is 353 g/mol. The minimum Gasteiger partial charge on any atom is -0.494 e. The first-order chi connectivity index (χ1) is 10.2. The lowest BCUT2D eigenvalue weighted by atomic mass is 9.98. The Morgan fingerprint density at radius 2 is 2.09 bits per heavy atom. The molecular weight excluding hydrogens is 343 g/mol. The van der Waals surface area contributed by atoms with Crippen LogP contribution in [0.4, 0.5) is 13.2 Å². The Morgan fingerprint density at radius 3 is 2.55 bits per heavy atom. The fourth-order valence-corrected chi connectivity index (χ4v) is 2.68. The van der Waals surface area contributed by atoms with Gasteiger partial charge in [0, 0.05) is 12.7 Å². The van der Waals surface area contributed by atoms with Crippen molar-refractivity contribution in [1.82, 2.24) is 9.97 Å². The summed E-state index contributed by atoms with van der Waals surface area (Å²) in [5.74, 6) is 0.227. The molecule has 0 fully saturated rings. The van der Waals surface area contributed by atoms with Crippen molar-refractivity contribution in [2.45, 2.75) is 11.8 Å². The molecule has 0 aromatic carbocycles. The molecule has 2 heterocycles. The summed E-state index contributed by atoms with van der Waals surface area (Å²) in [4.78, 5) is 8.09. The Kier molecular flexibility index (Phi) is 4.62. The van der Waals surface area contributed by atoms with Crippen molar-refractivity contribution in [1.29, 1.82) is 0 Å². The second-order valence-electron chi connectivity index (χ2n) is 4.29. The summed E-state index contributed by atoms with van der Waals surface area (Å²) in [6.07, 6.45) is -3.61. The number of halogens is 4. The lowest BCUT2D eigenvalue weighted by Crippen LogP contribution is -2.48. The number of aliphatic hydroxyl groups is 1. The molecule has 0 spiro atoms. The normalized spacial score (nSPS) is 14.7. The van der Waals surface area contributed by atoms with E-state index in [4.69, 9.17) is 22.1 Å². The molecule has 10 heteroatoms. The van der Waals surface area contributed by atoms with E-state index in [9.17, 15) is 18.3 Å². The van der Waals surface area contributed by atoms with Crippen LogP contribution in [0.15, 0.2) is 18.3 Å². The van der Waals surface area contributed by atoms with Crippen LogP contribution in [-0.4, -0.2) is 34.9 Å². The molecule has 0 amide bonds. The molecule has 3 N–H and O–H groups in total. The summed E-state index contributed by atoms with van der Waals surface area (Å²) in [6, 6.07) is 2.29. The topological polar surface area (TPSA) is 81.3 Å². The highest BCUT2D eigenvalue weighted by atomic mass is 35.5. The van der Waals surface area contributed by atoms with Crippen LogP contribution in [0, 0.1) is 0 Å². The third-order valence-corrected chi connectivity index (χ3v) is 4.10. The summed E-state index contributed by atoms with van der Waals surface area (Å²) in [7, 11) is 1.35. The van der Waals surface area contributed by atoms with Crippen LogP contribution >= 0.6 is 22.9 Å². The van der Waals surface area contributed by atoms with Crippen molar-refractivity contribution >= 4 is 22.9 Å². The van der Waals surface area contributed by atoms with Crippen LogP contribution < -0.4 is 10.5 Å². The predicted molar refractivity (Wildman–Crippen MR) is 75.9 cm³/mol. The van der Waals surface area contributed by atoms with E-state index in [2.05, 4.69) is 9.97 Å². The third kappa shape index (κ3) is 2.89. The van der Waals surface area contributed by atoms with E-state index in [1.54, 1.807) is 0 Å². The lowest BCUT2D eigenvalue weighted by molar-refractivity contribution is -0.263. The molecule has 2 aromatic rings. The van der Waals surface area contributed by atoms with Gasteiger partial charge in [-0.05, 0) is 12.1 Å². The number of aromatic nitrogens is 2. The predicted octanol–water partition coefficient (Wildman–Crippen LogP) is 2.58. The summed E-state index contributed by atoms with van der Waals surface area (Å²) in [5, 5.41) is 9.88. The van der Waals surface area contributed by atoms with Crippen molar-refractivity contribution in [2.24, 2.45) is 5.73 Å². The molecule has 120 valence electrons. The van der Waals surface area contributed by atoms with Gasteiger partial charge in [-0.3, -0.25) is 0 Å². The lowest BCUT2D eigenvalue weighted by Gasteiger charge is -2.28. The van der Waals surface area contributed by atoms with E-state index in [-0.39, 0.29) is 15.9 Å². The van der Waals surface area contributed by atoms with E-state index in [0.29, 0.717) is 4.88 Å². The van der Waals surface area contributed by atoms with Gasteiger partial charge in [-0.2, -0.15) is 13.2 Å². The van der Waals surface area contributed by atoms with E-state index in [1.165, 1.54) is 19.4 Å². The molecule has 5 nitrogen and oxygen atoms in total. The SMILES string of the molecule is COc1ccc(C(O)(CN)C(F)(F)F)nc1-c1cnc(Cl)s1. The molecule has 0 aliphatic heterocycles. The van der Waals surface area contributed by atoms with Gasteiger partial charge < -0.3 is 15.6 Å². The van der Waals surface area contributed by atoms with Gasteiger partial charge in [-0.25, -0.2) is 9.97 Å². The Labute approximate surface area is 132 Å². The maximum atomic E-state index is 13.1. The molecule has 0 aliphatic carbocycles. The van der Waals surface area contributed by atoms with Gasteiger partial charge in [0.2, 0.25) is 5.60 Å².